The Hall–Kier alpha value is -0.770. The number of hydrogen-bond acceptors (Lipinski definition) is 3. The fourth-order valence-corrected chi connectivity index (χ4v) is 3.08. The van der Waals surface area contributed by atoms with Crippen molar-refractivity contribution >= 4 is 11.6 Å². The first-order chi connectivity index (χ1) is 8.76. The lowest BCUT2D eigenvalue weighted by molar-refractivity contribution is 0.267. The number of hydrogen-bond donors (Lipinski definition) is 2. The summed E-state index contributed by atoms with van der Waals surface area (Å²) < 4.78 is 5.42. The largest absolute Gasteiger partial charge is 0.496 e. The number of rotatable bonds is 4. The van der Waals surface area contributed by atoms with E-state index in [1.165, 1.54) is 32.1 Å². The van der Waals surface area contributed by atoms with Gasteiger partial charge in [-0.25, -0.2) is 0 Å². The number of hydrazine groups is 1. The minimum absolute atomic E-state index is 0.124. The van der Waals surface area contributed by atoms with Gasteiger partial charge in [0.1, 0.15) is 5.75 Å². The van der Waals surface area contributed by atoms with Crippen molar-refractivity contribution in [2.24, 2.45) is 11.8 Å². The molecule has 0 spiro atoms. The van der Waals surface area contributed by atoms with E-state index in [1.807, 2.05) is 18.2 Å². The van der Waals surface area contributed by atoms with Crippen molar-refractivity contribution in [3.05, 3.63) is 28.8 Å². The lowest BCUT2D eigenvalue weighted by Crippen LogP contribution is -2.34. The molecule has 0 heterocycles. The first-order valence-electron chi connectivity index (χ1n) is 6.56. The second-order valence-corrected chi connectivity index (χ2v) is 5.37. The highest BCUT2D eigenvalue weighted by atomic mass is 35.5. The zero-order chi connectivity index (χ0) is 13.0. The van der Waals surface area contributed by atoms with Gasteiger partial charge in [-0.1, -0.05) is 30.9 Å². The second kappa shape index (κ2) is 6.41. The van der Waals surface area contributed by atoms with Gasteiger partial charge in [0.05, 0.1) is 13.2 Å². The van der Waals surface area contributed by atoms with E-state index in [0.717, 1.165) is 16.3 Å². The quantitative estimate of drug-likeness (QED) is 0.650. The average molecular weight is 269 g/mol. The molecule has 0 aliphatic heterocycles. The summed E-state index contributed by atoms with van der Waals surface area (Å²) in [5, 5.41) is 0.724. The summed E-state index contributed by atoms with van der Waals surface area (Å²) in [7, 11) is 1.68. The molecule has 1 atom stereocenters. The van der Waals surface area contributed by atoms with Crippen molar-refractivity contribution in [1.82, 2.24) is 5.43 Å². The molecule has 1 saturated carbocycles. The first kappa shape index (κ1) is 13.7. The number of nitrogens with two attached hydrogens (primary N) is 1. The van der Waals surface area contributed by atoms with Gasteiger partial charge in [-0.2, -0.15) is 0 Å². The lowest BCUT2D eigenvalue weighted by atomic mass is 9.81. The molecular weight excluding hydrogens is 248 g/mol. The Morgan fingerprint density at radius 1 is 1.33 bits per heavy atom. The third-order valence-electron chi connectivity index (χ3n) is 3.83. The van der Waals surface area contributed by atoms with Gasteiger partial charge in [0.25, 0.3) is 0 Å². The van der Waals surface area contributed by atoms with Gasteiger partial charge in [0.15, 0.2) is 0 Å². The van der Waals surface area contributed by atoms with E-state index in [2.05, 4.69) is 5.43 Å². The Morgan fingerprint density at radius 3 is 2.67 bits per heavy atom. The van der Waals surface area contributed by atoms with Crippen molar-refractivity contribution in [2.45, 2.75) is 38.1 Å². The van der Waals surface area contributed by atoms with Gasteiger partial charge in [-0.3, -0.25) is 11.3 Å². The first-order valence-corrected chi connectivity index (χ1v) is 6.93. The Bertz CT molecular complexity index is 391. The Labute approximate surface area is 114 Å². The van der Waals surface area contributed by atoms with Crippen LogP contribution in [0, 0.1) is 5.92 Å². The normalized spacial score (nSPS) is 18.6. The van der Waals surface area contributed by atoms with Crippen LogP contribution in [0.1, 0.15) is 43.7 Å². The summed E-state index contributed by atoms with van der Waals surface area (Å²) in [4.78, 5) is 0. The van der Waals surface area contributed by atoms with Crippen LogP contribution in [0.5, 0.6) is 5.75 Å². The molecule has 1 unspecified atom stereocenters. The molecule has 1 aliphatic carbocycles. The number of nitrogens with one attached hydrogen (secondary N) is 1. The average Bonchev–Trinajstić information content (AvgIpc) is 2.41. The molecule has 1 aliphatic rings. The Morgan fingerprint density at radius 2 is 2.06 bits per heavy atom. The predicted molar refractivity (Wildman–Crippen MR) is 74.6 cm³/mol. The number of halogens is 1. The van der Waals surface area contributed by atoms with E-state index < -0.39 is 0 Å². The molecule has 0 saturated heterocycles. The van der Waals surface area contributed by atoms with Crippen LogP contribution in [0.15, 0.2) is 18.2 Å². The molecule has 18 heavy (non-hydrogen) atoms. The van der Waals surface area contributed by atoms with E-state index in [9.17, 15) is 0 Å². The molecule has 100 valence electrons. The summed E-state index contributed by atoms with van der Waals surface area (Å²) in [5.74, 6) is 7.18. The molecule has 0 aromatic heterocycles. The van der Waals surface area contributed by atoms with Crippen LogP contribution in [0.2, 0.25) is 5.02 Å². The summed E-state index contributed by atoms with van der Waals surface area (Å²) >= 11 is 6.09. The van der Waals surface area contributed by atoms with Crippen LogP contribution in [-0.4, -0.2) is 7.11 Å². The third kappa shape index (κ3) is 2.97. The fourth-order valence-electron chi connectivity index (χ4n) is 2.90. The van der Waals surface area contributed by atoms with Gasteiger partial charge in [-0.05, 0) is 37.0 Å². The Balaban J connectivity index is 2.27. The van der Waals surface area contributed by atoms with Crippen LogP contribution in [0.25, 0.3) is 0 Å². The molecule has 1 aromatic carbocycles. The van der Waals surface area contributed by atoms with Crippen molar-refractivity contribution in [3.8, 4) is 5.75 Å². The molecule has 2 rings (SSSR count). The van der Waals surface area contributed by atoms with Crippen LogP contribution >= 0.6 is 11.6 Å². The summed E-state index contributed by atoms with van der Waals surface area (Å²) in [6.45, 7) is 0. The van der Waals surface area contributed by atoms with Crippen LogP contribution in [-0.2, 0) is 0 Å². The van der Waals surface area contributed by atoms with Gasteiger partial charge >= 0.3 is 0 Å². The highest BCUT2D eigenvalue weighted by Gasteiger charge is 2.26. The number of methoxy groups -OCH3 is 1. The molecule has 4 heteroatoms. The molecule has 0 amide bonds. The van der Waals surface area contributed by atoms with Gasteiger partial charge < -0.3 is 4.74 Å². The highest BCUT2D eigenvalue weighted by Crippen LogP contribution is 2.38. The fraction of sp³-hybridized carbons (Fsp3) is 0.571. The molecular formula is C14H21ClN2O. The number of benzene rings is 1. The van der Waals surface area contributed by atoms with Gasteiger partial charge in [0, 0.05) is 10.6 Å². The van der Waals surface area contributed by atoms with Gasteiger partial charge in [0.2, 0.25) is 0 Å². The molecule has 1 fully saturated rings. The van der Waals surface area contributed by atoms with E-state index in [-0.39, 0.29) is 6.04 Å². The van der Waals surface area contributed by atoms with Crippen molar-refractivity contribution < 1.29 is 4.74 Å². The molecule has 0 radical (unpaired) electrons. The molecule has 3 N–H and O–H groups in total. The number of ether oxygens (including phenoxy) is 1. The minimum Gasteiger partial charge on any atom is -0.496 e. The molecule has 0 bridgehead atoms. The zero-order valence-corrected chi connectivity index (χ0v) is 11.5. The van der Waals surface area contributed by atoms with E-state index >= 15 is 0 Å². The van der Waals surface area contributed by atoms with Gasteiger partial charge in [-0.15, -0.1) is 0 Å². The van der Waals surface area contributed by atoms with Crippen LogP contribution in [0.3, 0.4) is 0 Å². The Kier molecular flexibility index (Phi) is 4.87. The highest BCUT2D eigenvalue weighted by molar-refractivity contribution is 6.30. The smallest absolute Gasteiger partial charge is 0.123 e. The van der Waals surface area contributed by atoms with E-state index in [0.29, 0.717) is 5.92 Å². The van der Waals surface area contributed by atoms with Crippen LogP contribution in [0.4, 0.5) is 0 Å². The van der Waals surface area contributed by atoms with E-state index in [4.69, 9.17) is 22.2 Å². The maximum atomic E-state index is 6.09. The summed E-state index contributed by atoms with van der Waals surface area (Å²) in [6, 6.07) is 5.84. The molecule has 1 aromatic rings. The maximum Gasteiger partial charge on any atom is 0.123 e. The zero-order valence-electron chi connectivity index (χ0n) is 10.8. The maximum absolute atomic E-state index is 6.09. The summed E-state index contributed by atoms with van der Waals surface area (Å²) in [5.41, 5.74) is 4.02. The predicted octanol–water partition coefficient (Wildman–Crippen LogP) is 3.43. The van der Waals surface area contributed by atoms with E-state index in [1.54, 1.807) is 7.11 Å². The second-order valence-electron chi connectivity index (χ2n) is 4.93. The minimum atomic E-state index is 0.124. The van der Waals surface area contributed by atoms with Crippen molar-refractivity contribution in [3.63, 3.8) is 0 Å². The van der Waals surface area contributed by atoms with Crippen LogP contribution < -0.4 is 16.0 Å². The lowest BCUT2D eigenvalue weighted by Gasteiger charge is -2.31. The standard InChI is InChI=1S/C14H21ClN2O/c1-18-13-8-7-11(15)9-12(13)14(17-16)10-5-3-2-4-6-10/h7-10,14,17H,2-6,16H2,1H3. The summed E-state index contributed by atoms with van der Waals surface area (Å²) in [6.07, 6.45) is 6.33. The third-order valence-corrected chi connectivity index (χ3v) is 4.06. The monoisotopic (exact) mass is 268 g/mol. The van der Waals surface area contributed by atoms with Crippen molar-refractivity contribution in [1.29, 1.82) is 0 Å². The topological polar surface area (TPSA) is 47.3 Å². The SMILES string of the molecule is COc1ccc(Cl)cc1C(NN)C1CCCCC1. The van der Waals surface area contributed by atoms with Crippen molar-refractivity contribution in [2.75, 3.05) is 7.11 Å². The molecule has 3 nitrogen and oxygen atoms in total.